The van der Waals surface area contributed by atoms with Gasteiger partial charge in [-0.15, -0.1) is 0 Å². The Morgan fingerprint density at radius 1 is 1.00 bits per heavy atom. The molecule has 0 aromatic heterocycles. The summed E-state index contributed by atoms with van der Waals surface area (Å²) in [5.74, 6) is 0.422. The van der Waals surface area contributed by atoms with Gasteiger partial charge in [-0.1, -0.05) is 0 Å². The van der Waals surface area contributed by atoms with Crippen molar-refractivity contribution in [2.75, 3.05) is 6.61 Å². The van der Waals surface area contributed by atoms with E-state index in [1.165, 1.54) is 24.3 Å². The average molecular weight is 260 g/mol. The number of hydrogen-bond acceptors (Lipinski definition) is 3. The van der Waals surface area contributed by atoms with Crippen molar-refractivity contribution in [3.05, 3.63) is 59.9 Å². The summed E-state index contributed by atoms with van der Waals surface area (Å²) in [5, 5.41) is 0. The molecule has 0 fully saturated rings. The summed E-state index contributed by atoms with van der Waals surface area (Å²) in [6.45, 7) is 2.09. The number of benzene rings is 2. The van der Waals surface area contributed by atoms with Crippen LogP contribution in [0.3, 0.4) is 0 Å². The van der Waals surface area contributed by atoms with Gasteiger partial charge in [0, 0.05) is 0 Å². The van der Waals surface area contributed by atoms with Crippen molar-refractivity contribution < 1.29 is 18.7 Å². The van der Waals surface area contributed by atoms with E-state index >= 15 is 0 Å². The van der Waals surface area contributed by atoms with E-state index in [1.54, 1.807) is 31.2 Å². The largest absolute Gasteiger partial charge is 0.462 e. The molecular formula is C15H13FO3. The van der Waals surface area contributed by atoms with Gasteiger partial charge in [0.15, 0.2) is 0 Å². The van der Waals surface area contributed by atoms with Gasteiger partial charge in [0.2, 0.25) is 0 Å². The molecule has 2 rings (SSSR count). The van der Waals surface area contributed by atoms with Crippen LogP contribution in [0, 0.1) is 5.82 Å². The summed E-state index contributed by atoms with van der Waals surface area (Å²) in [6, 6.07) is 12.3. The molecule has 2 aromatic rings. The lowest BCUT2D eigenvalue weighted by Gasteiger charge is -2.06. The van der Waals surface area contributed by atoms with Crippen LogP contribution in [-0.4, -0.2) is 12.6 Å². The third-order valence-electron chi connectivity index (χ3n) is 2.41. The lowest BCUT2D eigenvalue weighted by molar-refractivity contribution is 0.0526. The van der Waals surface area contributed by atoms with E-state index in [0.29, 0.717) is 23.7 Å². The highest BCUT2D eigenvalue weighted by molar-refractivity contribution is 5.89. The van der Waals surface area contributed by atoms with E-state index in [2.05, 4.69) is 0 Å². The topological polar surface area (TPSA) is 35.5 Å². The van der Waals surface area contributed by atoms with E-state index < -0.39 is 0 Å². The van der Waals surface area contributed by atoms with E-state index in [1.807, 2.05) is 0 Å². The van der Waals surface area contributed by atoms with Gasteiger partial charge in [0.1, 0.15) is 17.3 Å². The molecule has 0 unspecified atom stereocenters. The first-order valence-corrected chi connectivity index (χ1v) is 5.89. The smallest absolute Gasteiger partial charge is 0.338 e. The molecule has 0 spiro atoms. The minimum Gasteiger partial charge on any atom is -0.462 e. The van der Waals surface area contributed by atoms with Gasteiger partial charge in [-0.25, -0.2) is 9.18 Å². The van der Waals surface area contributed by atoms with Gasteiger partial charge in [0.25, 0.3) is 0 Å². The Balaban J connectivity index is 2.06. The summed E-state index contributed by atoms with van der Waals surface area (Å²) in [4.78, 5) is 11.4. The average Bonchev–Trinajstić information content (AvgIpc) is 2.42. The molecular weight excluding hydrogens is 247 g/mol. The summed E-state index contributed by atoms with van der Waals surface area (Å²) >= 11 is 0. The Bertz CT molecular complexity index is 547. The van der Waals surface area contributed by atoms with Crippen molar-refractivity contribution in [2.24, 2.45) is 0 Å². The highest BCUT2D eigenvalue weighted by Crippen LogP contribution is 2.22. The summed E-state index contributed by atoms with van der Waals surface area (Å²) in [7, 11) is 0. The van der Waals surface area contributed by atoms with Crippen LogP contribution >= 0.6 is 0 Å². The van der Waals surface area contributed by atoms with Crippen LogP contribution in [-0.2, 0) is 4.74 Å². The van der Waals surface area contributed by atoms with Crippen molar-refractivity contribution in [3.63, 3.8) is 0 Å². The summed E-state index contributed by atoms with van der Waals surface area (Å²) < 4.78 is 23.1. The minimum absolute atomic E-state index is 0.315. The lowest BCUT2D eigenvalue weighted by Crippen LogP contribution is -2.03. The minimum atomic E-state index is -0.365. The maximum Gasteiger partial charge on any atom is 0.338 e. The Kier molecular flexibility index (Phi) is 4.13. The van der Waals surface area contributed by atoms with Gasteiger partial charge in [-0.05, 0) is 55.5 Å². The molecule has 0 bridgehead atoms. The van der Waals surface area contributed by atoms with E-state index in [-0.39, 0.29) is 11.8 Å². The van der Waals surface area contributed by atoms with E-state index in [9.17, 15) is 9.18 Å². The number of carbonyl (C=O) groups is 1. The van der Waals surface area contributed by atoms with Gasteiger partial charge >= 0.3 is 5.97 Å². The Labute approximate surface area is 110 Å². The van der Waals surface area contributed by atoms with Crippen LogP contribution in [0.4, 0.5) is 4.39 Å². The molecule has 0 aliphatic heterocycles. The highest BCUT2D eigenvalue weighted by atomic mass is 19.1. The summed E-state index contributed by atoms with van der Waals surface area (Å²) in [5.41, 5.74) is 0.466. The molecule has 19 heavy (non-hydrogen) atoms. The van der Waals surface area contributed by atoms with Gasteiger partial charge in [0.05, 0.1) is 12.2 Å². The molecule has 98 valence electrons. The Hall–Kier alpha value is -2.36. The van der Waals surface area contributed by atoms with Crippen molar-refractivity contribution in [3.8, 4) is 11.5 Å². The molecule has 0 aliphatic carbocycles. The second kappa shape index (κ2) is 6.00. The first-order chi connectivity index (χ1) is 9.19. The second-order valence-electron chi connectivity index (χ2n) is 3.80. The predicted octanol–water partition coefficient (Wildman–Crippen LogP) is 3.79. The molecule has 2 aromatic carbocycles. The van der Waals surface area contributed by atoms with Crippen LogP contribution < -0.4 is 4.74 Å². The van der Waals surface area contributed by atoms with Crippen LogP contribution in [0.15, 0.2) is 48.5 Å². The van der Waals surface area contributed by atoms with Crippen molar-refractivity contribution in [2.45, 2.75) is 6.92 Å². The fraction of sp³-hybridized carbons (Fsp3) is 0.133. The Morgan fingerprint density at radius 2 is 1.53 bits per heavy atom. The molecule has 4 heteroatoms. The van der Waals surface area contributed by atoms with Gasteiger partial charge in [-0.2, -0.15) is 0 Å². The predicted molar refractivity (Wildman–Crippen MR) is 68.9 cm³/mol. The van der Waals surface area contributed by atoms with Crippen LogP contribution in [0.5, 0.6) is 11.5 Å². The normalized spacial score (nSPS) is 10.0. The monoisotopic (exact) mass is 260 g/mol. The van der Waals surface area contributed by atoms with Crippen molar-refractivity contribution >= 4 is 5.97 Å². The molecule has 0 atom stereocenters. The van der Waals surface area contributed by atoms with E-state index in [4.69, 9.17) is 9.47 Å². The lowest BCUT2D eigenvalue weighted by atomic mass is 10.2. The first kappa shape index (κ1) is 13.1. The number of carbonyl (C=O) groups excluding carboxylic acids is 1. The zero-order valence-corrected chi connectivity index (χ0v) is 10.4. The van der Waals surface area contributed by atoms with E-state index in [0.717, 1.165) is 0 Å². The molecule has 0 N–H and O–H groups in total. The number of esters is 1. The fourth-order valence-electron chi connectivity index (χ4n) is 1.51. The molecule has 0 saturated carbocycles. The summed E-state index contributed by atoms with van der Waals surface area (Å²) in [6.07, 6.45) is 0. The third-order valence-corrected chi connectivity index (χ3v) is 2.41. The molecule has 0 amide bonds. The SMILES string of the molecule is CCOC(=O)c1ccc(Oc2ccc(F)cc2)cc1. The molecule has 0 radical (unpaired) electrons. The number of hydrogen-bond donors (Lipinski definition) is 0. The van der Waals surface area contributed by atoms with Gasteiger partial charge in [-0.3, -0.25) is 0 Å². The van der Waals surface area contributed by atoms with Crippen LogP contribution in [0.2, 0.25) is 0 Å². The molecule has 0 aliphatic rings. The van der Waals surface area contributed by atoms with Crippen molar-refractivity contribution in [1.82, 2.24) is 0 Å². The number of ether oxygens (including phenoxy) is 2. The Morgan fingerprint density at radius 3 is 2.05 bits per heavy atom. The number of halogens is 1. The molecule has 3 nitrogen and oxygen atoms in total. The van der Waals surface area contributed by atoms with Crippen molar-refractivity contribution in [1.29, 1.82) is 0 Å². The molecule has 0 heterocycles. The zero-order chi connectivity index (χ0) is 13.7. The zero-order valence-electron chi connectivity index (χ0n) is 10.4. The second-order valence-corrected chi connectivity index (χ2v) is 3.80. The number of rotatable bonds is 4. The van der Waals surface area contributed by atoms with Gasteiger partial charge < -0.3 is 9.47 Å². The van der Waals surface area contributed by atoms with Crippen LogP contribution in [0.1, 0.15) is 17.3 Å². The maximum absolute atomic E-state index is 12.7. The molecule has 0 saturated heterocycles. The first-order valence-electron chi connectivity index (χ1n) is 5.89. The highest BCUT2D eigenvalue weighted by Gasteiger charge is 2.06. The quantitative estimate of drug-likeness (QED) is 0.784. The maximum atomic E-state index is 12.7. The van der Waals surface area contributed by atoms with Crippen LogP contribution in [0.25, 0.3) is 0 Å². The third kappa shape index (κ3) is 3.55. The standard InChI is InChI=1S/C15H13FO3/c1-2-18-15(17)11-3-7-13(8-4-11)19-14-9-5-12(16)6-10-14/h3-10H,2H2,1H3. The fourth-order valence-corrected chi connectivity index (χ4v) is 1.51.